The molecule has 0 saturated heterocycles. The first kappa shape index (κ1) is 28.9. The Morgan fingerprint density at radius 3 is 1.46 bits per heavy atom. The molecular weight excluding hydrogens is 479 g/mol. The molecule has 0 aliphatic rings. The molecule has 0 aliphatic heterocycles. The van der Waals surface area contributed by atoms with Gasteiger partial charge in [-0.15, -0.1) is 0 Å². The maximum absolute atomic E-state index is 6.89. The molecule has 168 valence electrons. The van der Waals surface area contributed by atoms with E-state index in [-0.39, 0.29) is 0 Å². The van der Waals surface area contributed by atoms with Crippen LogP contribution < -0.4 is 0 Å². The van der Waals surface area contributed by atoms with Gasteiger partial charge in [-0.3, -0.25) is 0 Å². The van der Waals surface area contributed by atoms with Gasteiger partial charge in [-0.1, -0.05) is 0 Å². The van der Waals surface area contributed by atoms with Gasteiger partial charge in [-0.25, -0.2) is 0 Å². The fourth-order valence-corrected chi connectivity index (χ4v) is 27.7. The van der Waals surface area contributed by atoms with Gasteiger partial charge in [-0.2, -0.15) is 0 Å². The Morgan fingerprint density at radius 2 is 1.18 bits per heavy atom. The van der Waals surface area contributed by atoms with Crippen LogP contribution in [-0.2, 0) is 4.43 Å². The van der Waals surface area contributed by atoms with Crippen molar-refractivity contribution in [2.45, 2.75) is 131 Å². The van der Waals surface area contributed by atoms with Gasteiger partial charge in [0.15, 0.2) is 0 Å². The zero-order chi connectivity index (χ0) is 22.1. The summed E-state index contributed by atoms with van der Waals surface area (Å²) in [5, 5.41) is 0.297. The molecule has 0 aromatic rings. The van der Waals surface area contributed by atoms with Gasteiger partial charge >= 0.3 is 186 Å². The Bertz CT molecular complexity index is 436. The van der Waals surface area contributed by atoms with E-state index in [9.17, 15) is 0 Å². The Hall–Kier alpha value is 0.932. The Morgan fingerprint density at radius 1 is 0.786 bits per heavy atom. The van der Waals surface area contributed by atoms with Crippen molar-refractivity contribution in [3.8, 4) is 0 Å². The van der Waals surface area contributed by atoms with Crippen molar-refractivity contribution in [1.29, 1.82) is 0 Å². The van der Waals surface area contributed by atoms with Crippen LogP contribution in [-0.4, -0.2) is 41.4 Å². The monoisotopic (exact) mass is 534 g/mol. The number of hydrogen-bond donors (Lipinski definition) is 0. The summed E-state index contributed by atoms with van der Waals surface area (Å²) in [5.41, 5.74) is 2.82. The molecular formula is C24H54OSi2Sn. The van der Waals surface area contributed by atoms with Crippen molar-refractivity contribution in [3.63, 3.8) is 0 Å². The van der Waals surface area contributed by atoms with Crippen LogP contribution in [0.25, 0.3) is 0 Å². The summed E-state index contributed by atoms with van der Waals surface area (Å²) >= 11 is -2.40. The first-order chi connectivity index (χ1) is 12.7. The zero-order valence-corrected chi connectivity index (χ0v) is 26.4. The molecule has 0 spiro atoms. The van der Waals surface area contributed by atoms with E-state index in [2.05, 4.69) is 80.0 Å². The van der Waals surface area contributed by atoms with Crippen molar-refractivity contribution in [1.82, 2.24) is 0 Å². The second-order valence-corrected chi connectivity index (χ2v) is 34.9. The van der Waals surface area contributed by atoms with Crippen LogP contribution in [0.3, 0.4) is 0 Å². The van der Waals surface area contributed by atoms with Crippen molar-refractivity contribution < 1.29 is 4.43 Å². The van der Waals surface area contributed by atoms with E-state index in [1.165, 1.54) is 38.5 Å². The molecule has 0 amide bonds. The molecule has 0 fully saturated rings. The molecule has 0 heterocycles. The molecule has 0 bridgehead atoms. The van der Waals surface area contributed by atoms with E-state index in [4.69, 9.17) is 4.43 Å². The third-order valence-corrected chi connectivity index (χ3v) is 29.2. The van der Waals surface area contributed by atoms with Crippen molar-refractivity contribution in [2.24, 2.45) is 0 Å². The van der Waals surface area contributed by atoms with Crippen LogP contribution in [0, 0.1) is 0 Å². The SMILES string of the molecule is CCC[CH2][Sn]([CH2]CCC)([CH2]CCC)/[C](=C\[Si](C)(C)C)CO[Si](C)(C)C(C)(C)C. The average molecular weight is 534 g/mol. The van der Waals surface area contributed by atoms with E-state index in [0.29, 0.717) is 5.04 Å². The van der Waals surface area contributed by atoms with Crippen LogP contribution in [0.4, 0.5) is 0 Å². The Balaban J connectivity index is 6.03. The number of rotatable bonds is 14. The van der Waals surface area contributed by atoms with Crippen LogP contribution >= 0.6 is 0 Å². The van der Waals surface area contributed by atoms with E-state index in [1.807, 2.05) is 3.59 Å². The van der Waals surface area contributed by atoms with E-state index >= 15 is 0 Å². The minimum absolute atomic E-state index is 0.297. The normalized spacial score (nSPS) is 14.6. The third-order valence-electron chi connectivity index (χ3n) is 6.71. The van der Waals surface area contributed by atoms with Gasteiger partial charge in [-0.05, 0) is 0 Å². The topological polar surface area (TPSA) is 9.23 Å². The molecule has 0 aromatic carbocycles. The maximum atomic E-state index is 6.89. The molecule has 0 unspecified atom stereocenters. The summed E-state index contributed by atoms with van der Waals surface area (Å²) in [5.74, 6) is 0. The zero-order valence-electron chi connectivity index (χ0n) is 21.6. The molecule has 0 saturated carbocycles. The van der Waals surface area contributed by atoms with Crippen LogP contribution in [0.15, 0.2) is 9.29 Å². The molecule has 0 aliphatic carbocycles. The summed E-state index contributed by atoms with van der Waals surface area (Å²) in [6.45, 7) is 27.7. The quantitative estimate of drug-likeness (QED) is 0.202. The van der Waals surface area contributed by atoms with Gasteiger partial charge in [0.25, 0.3) is 0 Å². The van der Waals surface area contributed by atoms with Crippen LogP contribution in [0.1, 0.15) is 80.1 Å². The van der Waals surface area contributed by atoms with Crippen molar-refractivity contribution in [2.75, 3.05) is 6.61 Å². The molecule has 0 atom stereocenters. The fraction of sp³-hybridized carbons (Fsp3) is 0.917. The summed E-state index contributed by atoms with van der Waals surface area (Å²) in [7, 11) is -2.97. The first-order valence-electron chi connectivity index (χ1n) is 12.1. The van der Waals surface area contributed by atoms with Crippen molar-refractivity contribution in [3.05, 3.63) is 9.29 Å². The number of unbranched alkanes of at least 4 members (excludes halogenated alkanes) is 3. The van der Waals surface area contributed by atoms with Crippen LogP contribution in [0.5, 0.6) is 0 Å². The summed E-state index contributed by atoms with van der Waals surface area (Å²) < 4.78 is 13.4. The molecule has 1 nitrogen and oxygen atoms in total. The van der Waals surface area contributed by atoms with Crippen molar-refractivity contribution >= 4 is 34.8 Å². The van der Waals surface area contributed by atoms with E-state index in [0.717, 1.165) is 6.61 Å². The molecule has 0 rings (SSSR count). The van der Waals surface area contributed by atoms with E-state index in [1.54, 1.807) is 13.3 Å². The summed E-state index contributed by atoms with van der Waals surface area (Å²) in [6.07, 6.45) is 8.35. The molecule has 0 aromatic heterocycles. The second-order valence-electron chi connectivity index (χ2n) is 11.7. The molecule has 4 heteroatoms. The molecule has 28 heavy (non-hydrogen) atoms. The molecule has 0 N–H and O–H groups in total. The Kier molecular flexibility index (Phi) is 13.1. The van der Waals surface area contributed by atoms with Gasteiger partial charge in [0.1, 0.15) is 0 Å². The number of hydrogen-bond acceptors (Lipinski definition) is 1. The predicted octanol–water partition coefficient (Wildman–Crippen LogP) is 9.20. The van der Waals surface area contributed by atoms with Gasteiger partial charge in [0.2, 0.25) is 0 Å². The Labute approximate surface area is 185 Å². The van der Waals surface area contributed by atoms with Crippen LogP contribution in [0.2, 0.25) is 51.1 Å². The second kappa shape index (κ2) is 12.7. The van der Waals surface area contributed by atoms with Gasteiger partial charge < -0.3 is 0 Å². The standard InChI is InChI=1S/C12H27OSi2.3C4H9.Sn/c1-12(2,3)15(7,8)13-10-9-11-14(4,5)6;3*1-3-4-2;/h11H,10H2,1-8H3;3*1,3-4H2,2H3;. The van der Waals surface area contributed by atoms with Gasteiger partial charge in [0, 0.05) is 0 Å². The average Bonchev–Trinajstić information content (AvgIpc) is 2.56. The first-order valence-corrected chi connectivity index (χ1v) is 26.1. The third kappa shape index (κ3) is 10.3. The van der Waals surface area contributed by atoms with E-state index < -0.39 is 34.8 Å². The predicted molar refractivity (Wildman–Crippen MR) is 139 cm³/mol. The summed E-state index contributed by atoms with van der Waals surface area (Å²) in [6, 6.07) is 0. The molecule has 0 radical (unpaired) electrons. The van der Waals surface area contributed by atoms with Gasteiger partial charge in [0.05, 0.1) is 0 Å². The minimum atomic E-state index is -2.40. The summed E-state index contributed by atoms with van der Waals surface area (Å²) in [4.78, 5) is 0. The fourth-order valence-electron chi connectivity index (χ4n) is 3.75.